The number of carbonyl (C=O) groups excluding carboxylic acids is 2. The van der Waals surface area contributed by atoms with E-state index >= 15 is 0 Å². The van der Waals surface area contributed by atoms with Gasteiger partial charge in [-0.05, 0) is 64.2 Å². The molecule has 53 heavy (non-hydrogen) atoms. The summed E-state index contributed by atoms with van der Waals surface area (Å²) >= 11 is 0. The van der Waals surface area contributed by atoms with Crippen molar-refractivity contribution in [2.75, 3.05) is 26.4 Å². The fourth-order valence-corrected chi connectivity index (χ4v) is 5.91. The summed E-state index contributed by atoms with van der Waals surface area (Å²) in [7, 11) is -4.65. The molecular formula is C42H73O10P. The first kappa shape index (κ1) is 50.7. The Labute approximate surface area is 321 Å². The van der Waals surface area contributed by atoms with Crippen molar-refractivity contribution >= 4 is 19.8 Å². The third kappa shape index (κ3) is 36.4. The van der Waals surface area contributed by atoms with Gasteiger partial charge in [-0.1, -0.05) is 139 Å². The Hall–Kier alpha value is -2.33. The molecule has 0 saturated carbocycles. The lowest BCUT2D eigenvalue weighted by atomic mass is 10.1. The number of allylic oxidation sites excluding steroid dienone is 10. The van der Waals surface area contributed by atoms with E-state index in [4.69, 9.17) is 18.5 Å². The molecule has 11 heteroatoms. The van der Waals surface area contributed by atoms with E-state index in [1.807, 2.05) is 18.2 Å². The summed E-state index contributed by atoms with van der Waals surface area (Å²) < 4.78 is 32.4. The molecule has 0 aliphatic rings. The van der Waals surface area contributed by atoms with Crippen LogP contribution in [0.3, 0.4) is 0 Å². The summed E-state index contributed by atoms with van der Waals surface area (Å²) in [6.07, 6.45) is 40.7. The molecule has 0 amide bonds. The van der Waals surface area contributed by atoms with Crippen LogP contribution >= 0.6 is 7.82 Å². The number of rotatable bonds is 37. The van der Waals surface area contributed by atoms with Crippen LogP contribution in [0.25, 0.3) is 0 Å². The topological polar surface area (TPSA) is 149 Å². The molecule has 0 fully saturated rings. The maximum atomic E-state index is 12.3. The first-order valence-corrected chi connectivity index (χ1v) is 21.7. The van der Waals surface area contributed by atoms with Crippen LogP contribution in [0, 0.1) is 0 Å². The summed E-state index contributed by atoms with van der Waals surface area (Å²) in [5.74, 6) is -1.11. The van der Waals surface area contributed by atoms with Gasteiger partial charge >= 0.3 is 19.8 Å². The Kier molecular flexibility index (Phi) is 36.3. The van der Waals surface area contributed by atoms with Gasteiger partial charge in [-0.25, -0.2) is 4.57 Å². The van der Waals surface area contributed by atoms with E-state index in [1.165, 1.54) is 64.2 Å². The van der Waals surface area contributed by atoms with Crippen molar-refractivity contribution in [1.82, 2.24) is 0 Å². The average molecular weight is 769 g/mol. The molecule has 306 valence electrons. The van der Waals surface area contributed by atoms with Gasteiger partial charge in [0.05, 0.1) is 26.4 Å². The van der Waals surface area contributed by atoms with Crippen molar-refractivity contribution in [3.05, 3.63) is 60.8 Å². The number of aliphatic hydroxyl groups excluding tert-OH is 2. The number of hydrogen-bond donors (Lipinski definition) is 3. The van der Waals surface area contributed by atoms with E-state index in [9.17, 15) is 29.3 Å². The zero-order valence-corrected chi connectivity index (χ0v) is 33.9. The molecule has 0 rings (SSSR count). The van der Waals surface area contributed by atoms with Gasteiger partial charge in [0.1, 0.15) is 12.2 Å². The van der Waals surface area contributed by atoms with Gasteiger partial charge in [-0.15, -0.1) is 0 Å². The molecule has 0 aromatic heterocycles. The Morgan fingerprint density at radius 3 is 1.40 bits per heavy atom. The van der Waals surface area contributed by atoms with Crippen LogP contribution in [0.2, 0.25) is 0 Å². The van der Waals surface area contributed by atoms with E-state index < -0.39 is 58.4 Å². The minimum absolute atomic E-state index is 0.0685. The molecule has 0 aliphatic carbocycles. The number of esters is 2. The maximum absolute atomic E-state index is 12.3. The third-order valence-corrected chi connectivity index (χ3v) is 9.18. The summed E-state index contributed by atoms with van der Waals surface area (Å²) in [5.41, 5.74) is 0. The fourth-order valence-electron chi connectivity index (χ4n) is 5.12. The van der Waals surface area contributed by atoms with Crippen LogP contribution in [0.1, 0.15) is 155 Å². The second-order valence-electron chi connectivity index (χ2n) is 13.2. The Balaban J connectivity index is 4.03. The van der Waals surface area contributed by atoms with Gasteiger partial charge in [0.15, 0.2) is 0 Å². The van der Waals surface area contributed by atoms with Gasteiger partial charge in [-0.3, -0.25) is 18.6 Å². The number of carbonyl (C=O) groups is 2. The van der Waals surface area contributed by atoms with E-state index in [-0.39, 0.29) is 12.8 Å². The lowest BCUT2D eigenvalue weighted by Crippen LogP contribution is -2.28. The molecular weight excluding hydrogens is 695 g/mol. The number of aliphatic hydroxyl groups is 2. The molecule has 0 aliphatic heterocycles. The smallest absolute Gasteiger partial charge is 0.457 e. The number of phosphoric acid groups is 1. The summed E-state index contributed by atoms with van der Waals surface area (Å²) in [6, 6.07) is 0. The summed E-state index contributed by atoms with van der Waals surface area (Å²) in [5, 5.41) is 19.1. The van der Waals surface area contributed by atoms with Crippen LogP contribution in [0.15, 0.2) is 60.8 Å². The van der Waals surface area contributed by atoms with Gasteiger partial charge in [-0.2, -0.15) is 0 Å². The van der Waals surface area contributed by atoms with Crippen molar-refractivity contribution in [2.24, 2.45) is 0 Å². The van der Waals surface area contributed by atoms with E-state index in [0.29, 0.717) is 12.8 Å². The molecule has 3 unspecified atom stereocenters. The monoisotopic (exact) mass is 768 g/mol. The first-order chi connectivity index (χ1) is 25.8. The highest BCUT2D eigenvalue weighted by Gasteiger charge is 2.27. The number of phosphoric ester groups is 1. The Bertz CT molecular complexity index is 1070. The van der Waals surface area contributed by atoms with Crippen LogP contribution < -0.4 is 0 Å². The standard InChI is InChI=1S/C42H73O10P/c1-3-5-7-9-11-13-15-17-18-19-20-22-24-26-28-30-32-34-42(46)52-40(36-44)38-50-53(47,48)49-37-39(35-43)51-41(45)33-31-29-27-25-23-21-16-14-12-10-8-6-4-2/h6,8,12,14,17-18,21,23,27,29,39-40,43-44H,3-5,7,9-11,13,15-16,19-20,22,24-26,28,30-38H2,1-2H3,(H,47,48)/b8-6-,14-12-,18-17-,23-21-,29-27-. The van der Waals surface area contributed by atoms with Gasteiger partial charge in [0, 0.05) is 12.8 Å². The lowest BCUT2D eigenvalue weighted by molar-refractivity contribution is -0.153. The van der Waals surface area contributed by atoms with Gasteiger partial charge in [0.2, 0.25) is 0 Å². The van der Waals surface area contributed by atoms with Crippen LogP contribution in [0.4, 0.5) is 0 Å². The molecule has 10 nitrogen and oxygen atoms in total. The van der Waals surface area contributed by atoms with Crippen LogP contribution in [-0.2, 0) is 32.7 Å². The lowest BCUT2D eigenvalue weighted by Gasteiger charge is -2.20. The molecule has 0 heterocycles. The second-order valence-corrected chi connectivity index (χ2v) is 14.7. The molecule has 3 N–H and O–H groups in total. The van der Waals surface area contributed by atoms with Crippen molar-refractivity contribution in [1.29, 1.82) is 0 Å². The number of unbranched alkanes of at least 4 members (excludes halogenated alkanes) is 13. The van der Waals surface area contributed by atoms with Crippen LogP contribution in [-0.4, -0.2) is 65.7 Å². The molecule has 0 spiro atoms. The first-order valence-electron chi connectivity index (χ1n) is 20.2. The minimum atomic E-state index is -4.65. The van der Waals surface area contributed by atoms with E-state index in [0.717, 1.165) is 51.4 Å². The van der Waals surface area contributed by atoms with Crippen molar-refractivity contribution < 1.29 is 47.8 Å². The summed E-state index contributed by atoms with van der Waals surface area (Å²) in [6.45, 7) is 1.98. The number of ether oxygens (including phenoxy) is 2. The molecule has 0 aromatic carbocycles. The molecule has 0 bridgehead atoms. The van der Waals surface area contributed by atoms with Crippen LogP contribution in [0.5, 0.6) is 0 Å². The summed E-state index contributed by atoms with van der Waals surface area (Å²) in [4.78, 5) is 34.4. The highest BCUT2D eigenvalue weighted by atomic mass is 31.2. The third-order valence-electron chi connectivity index (χ3n) is 8.23. The predicted octanol–water partition coefficient (Wildman–Crippen LogP) is 10.3. The van der Waals surface area contributed by atoms with E-state index in [1.54, 1.807) is 0 Å². The Morgan fingerprint density at radius 1 is 0.528 bits per heavy atom. The zero-order valence-electron chi connectivity index (χ0n) is 33.0. The zero-order chi connectivity index (χ0) is 39.1. The van der Waals surface area contributed by atoms with Gasteiger partial charge in [0.25, 0.3) is 0 Å². The molecule has 3 atom stereocenters. The average Bonchev–Trinajstić information content (AvgIpc) is 3.14. The number of hydrogen-bond acceptors (Lipinski definition) is 9. The largest absolute Gasteiger partial charge is 0.472 e. The van der Waals surface area contributed by atoms with E-state index in [2.05, 4.69) is 56.4 Å². The van der Waals surface area contributed by atoms with Gasteiger partial charge < -0.3 is 24.6 Å². The second kappa shape index (κ2) is 38.0. The SMILES string of the molecule is CC/C=C\C/C=C\C/C=C\C/C=C\CCC(=O)OC(CO)COP(=O)(O)OCC(CO)OC(=O)CCCCCCCCC/C=C\CCCCCCCC. The highest BCUT2D eigenvalue weighted by Crippen LogP contribution is 2.43. The van der Waals surface area contributed by atoms with Crippen molar-refractivity contribution in [3.63, 3.8) is 0 Å². The predicted molar refractivity (Wildman–Crippen MR) is 214 cm³/mol. The maximum Gasteiger partial charge on any atom is 0.472 e. The molecule has 0 radical (unpaired) electrons. The quantitative estimate of drug-likeness (QED) is 0.0241. The molecule has 0 aromatic rings. The Morgan fingerprint density at radius 2 is 0.925 bits per heavy atom. The highest BCUT2D eigenvalue weighted by molar-refractivity contribution is 7.47. The minimum Gasteiger partial charge on any atom is -0.457 e. The van der Waals surface area contributed by atoms with Crippen molar-refractivity contribution in [2.45, 2.75) is 167 Å². The fraction of sp³-hybridized carbons (Fsp3) is 0.714. The molecule has 0 saturated heterocycles. The van der Waals surface area contributed by atoms with Crippen molar-refractivity contribution in [3.8, 4) is 0 Å². The normalized spacial score (nSPS) is 14.6.